The maximum Gasteiger partial charge on any atom is 0.338 e. The highest BCUT2D eigenvalue weighted by Gasteiger charge is 2.28. The number of hydrogen-bond donors (Lipinski definition) is 1. The Morgan fingerprint density at radius 3 is 1.77 bits per heavy atom. The molecule has 0 bridgehead atoms. The maximum absolute atomic E-state index is 13.0. The number of benzene rings is 1. The molecule has 0 spiro atoms. The fourth-order valence-electron chi connectivity index (χ4n) is 5.73. The van der Waals surface area contributed by atoms with Crippen LogP contribution in [-0.2, 0) is 15.6 Å². The first kappa shape index (κ1) is 40.3. The molecule has 1 aliphatic rings. The van der Waals surface area contributed by atoms with Crippen molar-refractivity contribution in [3.63, 3.8) is 0 Å². The Hall–Kier alpha value is -3.85. The summed E-state index contributed by atoms with van der Waals surface area (Å²) in [7, 11) is 0. The van der Waals surface area contributed by atoms with E-state index in [1.165, 1.54) is 41.6 Å². The molecule has 1 aliphatic carbocycles. The minimum Gasteiger partial charge on any atom is -0.507 e. The molecular weight excluding hydrogens is 588 g/mol. The average molecular weight is 651 g/mol. The fraction of sp³-hybridized carbons (Fsp3) is 0.444. The van der Waals surface area contributed by atoms with Gasteiger partial charge in [0.15, 0.2) is 0 Å². The molecule has 0 unspecified atom stereocenters. The zero-order valence-electron chi connectivity index (χ0n) is 32.2. The summed E-state index contributed by atoms with van der Waals surface area (Å²) >= 11 is 0. The first-order valence-corrected chi connectivity index (χ1v) is 17.4. The highest BCUT2D eigenvalue weighted by atomic mass is 16.5. The van der Waals surface area contributed by atoms with E-state index in [9.17, 15) is 9.90 Å². The Labute approximate surface area is 293 Å². The molecule has 3 heteroatoms. The summed E-state index contributed by atoms with van der Waals surface area (Å²) in [6.07, 6.45) is 28.9. The lowest BCUT2D eigenvalue weighted by atomic mass is 9.72. The lowest BCUT2D eigenvalue weighted by Crippen LogP contribution is -2.19. The summed E-state index contributed by atoms with van der Waals surface area (Å²) in [5, 5.41) is 10.9. The van der Waals surface area contributed by atoms with Crippen LogP contribution in [0.2, 0.25) is 0 Å². The lowest BCUT2D eigenvalue weighted by Gasteiger charge is -2.32. The van der Waals surface area contributed by atoms with E-state index < -0.39 is 5.97 Å². The highest BCUT2D eigenvalue weighted by Crippen LogP contribution is 2.41. The molecule has 0 fully saturated rings. The molecule has 48 heavy (non-hydrogen) atoms. The van der Waals surface area contributed by atoms with Crippen molar-refractivity contribution in [2.75, 3.05) is 6.61 Å². The Morgan fingerprint density at radius 1 is 0.792 bits per heavy atom. The van der Waals surface area contributed by atoms with Crippen molar-refractivity contribution < 1.29 is 14.6 Å². The third-order valence-corrected chi connectivity index (χ3v) is 8.74. The van der Waals surface area contributed by atoms with Gasteiger partial charge in [0.2, 0.25) is 0 Å². The van der Waals surface area contributed by atoms with Crippen LogP contribution < -0.4 is 0 Å². The molecule has 0 amide bonds. The van der Waals surface area contributed by atoms with Gasteiger partial charge in [0, 0.05) is 11.1 Å². The SMILES string of the molecule is CC1=C(/C=C/C(C)=C/C=C/C(C)=C/C=C/C=C(C)/C=C/C=C(\C)COC(=O)c2cc(C(C)(C)C)c(O)c(C(C)(C)C)c2)C(C)(C)CCC1. The van der Waals surface area contributed by atoms with Crippen LogP contribution in [-0.4, -0.2) is 17.7 Å². The molecule has 0 radical (unpaired) electrons. The molecule has 0 aromatic heterocycles. The molecular formula is C45H62O3. The standard InChI is InChI=1S/C45H62O3/c1-32(21-16-23-34(3)26-27-38-36(5)25-18-28-45(38,12)13)19-14-15-20-33(2)22-17-24-35(4)31-48-42(47)37-29-39(43(6,7)8)41(46)40(30-37)44(9,10)11/h14-17,19-24,26-27,29-30,46H,18,25,28,31H2,1-13H3/b15-14+,21-16+,22-17+,27-26+,32-19+,33-20+,34-23+,35-24+. The minimum atomic E-state index is -0.392. The van der Waals surface area contributed by atoms with Crippen molar-refractivity contribution in [1.82, 2.24) is 0 Å². The highest BCUT2D eigenvalue weighted by molar-refractivity contribution is 5.90. The van der Waals surface area contributed by atoms with Crippen LogP contribution >= 0.6 is 0 Å². The zero-order valence-corrected chi connectivity index (χ0v) is 32.2. The quantitative estimate of drug-likeness (QED) is 0.191. The van der Waals surface area contributed by atoms with E-state index in [4.69, 9.17) is 4.74 Å². The molecule has 1 aromatic rings. The Kier molecular flexibility index (Phi) is 14.7. The largest absolute Gasteiger partial charge is 0.507 e. The number of aromatic hydroxyl groups is 1. The summed E-state index contributed by atoms with van der Waals surface area (Å²) < 4.78 is 5.64. The summed E-state index contributed by atoms with van der Waals surface area (Å²) in [6, 6.07) is 3.52. The molecule has 1 aromatic carbocycles. The molecule has 1 N–H and O–H groups in total. The van der Waals surface area contributed by atoms with Gasteiger partial charge in [0.05, 0.1) is 5.56 Å². The number of phenolic OH excluding ortho intramolecular Hbond substituents is 1. The van der Waals surface area contributed by atoms with Gasteiger partial charge in [0.1, 0.15) is 12.4 Å². The van der Waals surface area contributed by atoms with Gasteiger partial charge in [-0.1, -0.05) is 151 Å². The van der Waals surface area contributed by atoms with E-state index in [0.29, 0.717) is 5.56 Å². The van der Waals surface area contributed by atoms with Crippen molar-refractivity contribution in [3.05, 3.63) is 135 Å². The van der Waals surface area contributed by atoms with Gasteiger partial charge in [-0.2, -0.15) is 0 Å². The van der Waals surface area contributed by atoms with Crippen molar-refractivity contribution in [3.8, 4) is 5.75 Å². The van der Waals surface area contributed by atoms with Crippen LogP contribution in [0.1, 0.15) is 131 Å². The van der Waals surface area contributed by atoms with Gasteiger partial charge in [0.25, 0.3) is 0 Å². The first-order chi connectivity index (χ1) is 22.2. The second-order valence-electron chi connectivity index (χ2n) is 16.1. The monoisotopic (exact) mass is 650 g/mol. The molecule has 0 saturated heterocycles. The van der Waals surface area contributed by atoms with Crippen LogP contribution in [0, 0.1) is 5.41 Å². The normalized spacial score (nSPS) is 17.5. The predicted octanol–water partition coefficient (Wildman–Crippen LogP) is 12.7. The third kappa shape index (κ3) is 13.0. The second kappa shape index (κ2) is 17.5. The van der Waals surface area contributed by atoms with E-state index in [0.717, 1.165) is 22.3 Å². The van der Waals surface area contributed by atoms with E-state index >= 15 is 0 Å². The molecule has 0 aliphatic heterocycles. The fourth-order valence-corrected chi connectivity index (χ4v) is 5.73. The van der Waals surface area contributed by atoms with Gasteiger partial charge < -0.3 is 9.84 Å². The number of carbonyl (C=O) groups is 1. The molecule has 0 atom stereocenters. The van der Waals surface area contributed by atoms with Crippen LogP contribution in [0.25, 0.3) is 0 Å². The second-order valence-corrected chi connectivity index (χ2v) is 16.1. The summed E-state index contributed by atoms with van der Waals surface area (Å²) in [5.41, 5.74) is 9.07. The first-order valence-electron chi connectivity index (χ1n) is 17.4. The smallest absolute Gasteiger partial charge is 0.338 e. The predicted molar refractivity (Wildman–Crippen MR) is 208 cm³/mol. The Morgan fingerprint density at radius 2 is 1.27 bits per heavy atom. The average Bonchev–Trinajstić information content (AvgIpc) is 2.96. The van der Waals surface area contributed by atoms with Crippen LogP contribution in [0.15, 0.2) is 118 Å². The van der Waals surface area contributed by atoms with Crippen LogP contribution in [0.3, 0.4) is 0 Å². The number of esters is 1. The van der Waals surface area contributed by atoms with Crippen LogP contribution in [0.4, 0.5) is 0 Å². The van der Waals surface area contributed by atoms with E-state index in [1.54, 1.807) is 12.1 Å². The number of carbonyl (C=O) groups excluding carboxylic acids is 1. The van der Waals surface area contributed by atoms with Gasteiger partial charge in [-0.25, -0.2) is 4.79 Å². The summed E-state index contributed by atoms with van der Waals surface area (Å²) in [4.78, 5) is 13.0. The number of phenols is 1. The van der Waals surface area contributed by atoms with Gasteiger partial charge in [-0.05, 0) is 93.4 Å². The zero-order chi connectivity index (χ0) is 36.3. The Balaban J connectivity index is 1.94. The third-order valence-electron chi connectivity index (χ3n) is 8.74. The van der Waals surface area contributed by atoms with Gasteiger partial charge in [-0.3, -0.25) is 0 Å². The summed E-state index contributed by atoms with van der Waals surface area (Å²) in [6.45, 7) is 27.6. The number of hydrogen-bond acceptors (Lipinski definition) is 3. The number of rotatable bonds is 11. The van der Waals surface area contributed by atoms with Gasteiger partial charge >= 0.3 is 5.97 Å². The lowest BCUT2D eigenvalue weighted by molar-refractivity contribution is 0.0539. The topological polar surface area (TPSA) is 46.5 Å². The van der Waals surface area contributed by atoms with E-state index in [1.807, 2.05) is 78.8 Å². The van der Waals surface area contributed by atoms with Gasteiger partial charge in [-0.15, -0.1) is 0 Å². The van der Waals surface area contributed by atoms with Crippen molar-refractivity contribution >= 4 is 5.97 Å². The van der Waals surface area contributed by atoms with Crippen molar-refractivity contribution in [2.24, 2.45) is 5.41 Å². The molecule has 260 valence electrons. The van der Waals surface area contributed by atoms with E-state index in [-0.39, 0.29) is 28.6 Å². The van der Waals surface area contributed by atoms with E-state index in [2.05, 4.69) is 84.1 Å². The van der Waals surface area contributed by atoms with Crippen molar-refractivity contribution in [1.29, 1.82) is 0 Å². The molecule has 0 heterocycles. The molecule has 3 nitrogen and oxygen atoms in total. The molecule has 0 saturated carbocycles. The molecule has 2 rings (SSSR count). The number of allylic oxidation sites excluding steroid dienone is 17. The Bertz CT molecular complexity index is 1540. The minimum absolute atomic E-state index is 0.195. The van der Waals surface area contributed by atoms with Crippen LogP contribution in [0.5, 0.6) is 5.75 Å². The summed E-state index contributed by atoms with van der Waals surface area (Å²) in [5.74, 6) is -0.139. The number of ether oxygens (including phenoxy) is 1. The van der Waals surface area contributed by atoms with Crippen molar-refractivity contribution in [2.45, 2.75) is 120 Å². The maximum atomic E-state index is 13.0.